The van der Waals surface area contributed by atoms with E-state index in [-0.39, 0.29) is 12.4 Å². The molecule has 0 unspecified atom stereocenters. The summed E-state index contributed by atoms with van der Waals surface area (Å²) in [4.78, 5) is 3.57. The second-order valence-corrected chi connectivity index (χ2v) is 9.76. The number of ether oxygens (including phenoxy) is 4. The Balaban J connectivity index is 0.00000304. The number of hydrogen-bond donors (Lipinski definition) is 0. The SMILES string of the molecule is COc1cc(OC)c(Oc2ccc(OCCN3CCCCC3)cc2)c(-c2cc3ccccc3s2)c1.Cl. The smallest absolute Gasteiger partial charge is 0.178 e. The second kappa shape index (κ2) is 12.3. The number of rotatable bonds is 9. The quantitative estimate of drug-likeness (QED) is 0.224. The molecule has 190 valence electrons. The summed E-state index contributed by atoms with van der Waals surface area (Å²) in [6.07, 6.45) is 3.94. The molecule has 2 heterocycles. The minimum atomic E-state index is 0. The number of thiophene rings is 1. The van der Waals surface area contributed by atoms with Crippen molar-refractivity contribution in [3.63, 3.8) is 0 Å². The highest BCUT2D eigenvalue weighted by molar-refractivity contribution is 7.22. The summed E-state index contributed by atoms with van der Waals surface area (Å²) in [7, 11) is 3.31. The van der Waals surface area contributed by atoms with Crippen molar-refractivity contribution in [1.82, 2.24) is 4.90 Å². The number of methoxy groups -OCH3 is 2. The molecule has 7 heteroatoms. The van der Waals surface area contributed by atoms with Gasteiger partial charge in [-0.05, 0) is 73.8 Å². The molecular weight excluding hydrogens is 494 g/mol. The van der Waals surface area contributed by atoms with Gasteiger partial charge in [0, 0.05) is 27.8 Å². The number of hydrogen-bond acceptors (Lipinski definition) is 6. The van der Waals surface area contributed by atoms with Gasteiger partial charge in [-0.2, -0.15) is 0 Å². The normalized spacial score (nSPS) is 13.7. The van der Waals surface area contributed by atoms with Crippen molar-refractivity contribution in [3.8, 4) is 39.2 Å². The molecule has 0 bridgehead atoms. The minimum absolute atomic E-state index is 0. The Kier molecular flexibility index (Phi) is 8.97. The molecule has 0 aliphatic carbocycles. The molecule has 1 saturated heterocycles. The van der Waals surface area contributed by atoms with Crippen LogP contribution in [-0.2, 0) is 0 Å². The number of likely N-dealkylation sites (tertiary alicyclic amines) is 1. The van der Waals surface area contributed by atoms with E-state index in [0.29, 0.717) is 18.1 Å². The molecule has 0 saturated carbocycles. The van der Waals surface area contributed by atoms with Crippen LogP contribution in [0, 0.1) is 0 Å². The molecule has 1 aliphatic heterocycles. The summed E-state index contributed by atoms with van der Waals surface area (Å²) >= 11 is 1.72. The van der Waals surface area contributed by atoms with E-state index in [1.807, 2.05) is 36.4 Å². The predicted octanol–water partition coefficient (Wildman–Crippen LogP) is 7.66. The van der Waals surface area contributed by atoms with E-state index in [9.17, 15) is 0 Å². The summed E-state index contributed by atoms with van der Waals surface area (Å²) < 4.78 is 24.8. The summed E-state index contributed by atoms with van der Waals surface area (Å²) in [5.74, 6) is 3.58. The van der Waals surface area contributed by atoms with Crippen LogP contribution < -0.4 is 18.9 Å². The maximum Gasteiger partial charge on any atom is 0.178 e. The highest BCUT2D eigenvalue weighted by Crippen LogP contribution is 2.47. The van der Waals surface area contributed by atoms with E-state index < -0.39 is 0 Å². The van der Waals surface area contributed by atoms with Gasteiger partial charge >= 0.3 is 0 Å². The lowest BCUT2D eigenvalue weighted by Crippen LogP contribution is -2.33. The van der Waals surface area contributed by atoms with Gasteiger partial charge in [0.25, 0.3) is 0 Å². The van der Waals surface area contributed by atoms with Crippen molar-refractivity contribution in [3.05, 3.63) is 66.7 Å². The Bertz CT molecular complexity index is 1240. The Morgan fingerprint density at radius 3 is 2.28 bits per heavy atom. The first-order valence-electron chi connectivity index (χ1n) is 12.1. The first-order valence-corrected chi connectivity index (χ1v) is 12.9. The van der Waals surface area contributed by atoms with Crippen molar-refractivity contribution in [1.29, 1.82) is 0 Å². The van der Waals surface area contributed by atoms with Gasteiger partial charge in [-0.25, -0.2) is 0 Å². The first kappa shape index (κ1) is 26.1. The zero-order valence-electron chi connectivity index (χ0n) is 20.7. The van der Waals surface area contributed by atoms with E-state index >= 15 is 0 Å². The number of piperidine rings is 1. The molecule has 0 N–H and O–H groups in total. The minimum Gasteiger partial charge on any atom is -0.497 e. The monoisotopic (exact) mass is 525 g/mol. The molecule has 1 aliphatic rings. The first-order chi connectivity index (χ1) is 17.2. The highest BCUT2D eigenvalue weighted by atomic mass is 35.5. The molecule has 5 rings (SSSR count). The summed E-state index contributed by atoms with van der Waals surface area (Å²) in [5.41, 5.74) is 0.934. The Morgan fingerprint density at radius 1 is 0.806 bits per heavy atom. The fourth-order valence-electron chi connectivity index (χ4n) is 4.45. The van der Waals surface area contributed by atoms with Gasteiger partial charge in [-0.15, -0.1) is 23.7 Å². The van der Waals surface area contributed by atoms with Gasteiger partial charge in [0.15, 0.2) is 11.5 Å². The maximum absolute atomic E-state index is 6.40. The van der Waals surface area contributed by atoms with E-state index in [2.05, 4.69) is 35.2 Å². The summed E-state index contributed by atoms with van der Waals surface area (Å²) in [6, 6.07) is 22.2. The third-order valence-electron chi connectivity index (χ3n) is 6.34. The number of nitrogens with zero attached hydrogens (tertiary/aromatic N) is 1. The van der Waals surface area contributed by atoms with Gasteiger partial charge in [0.05, 0.1) is 14.2 Å². The van der Waals surface area contributed by atoms with Gasteiger partial charge < -0.3 is 18.9 Å². The number of halogens is 1. The lowest BCUT2D eigenvalue weighted by atomic mass is 10.1. The van der Waals surface area contributed by atoms with Crippen LogP contribution in [0.4, 0.5) is 0 Å². The van der Waals surface area contributed by atoms with Gasteiger partial charge in [-0.1, -0.05) is 24.6 Å². The van der Waals surface area contributed by atoms with Crippen molar-refractivity contribution in [2.24, 2.45) is 0 Å². The van der Waals surface area contributed by atoms with Crippen LogP contribution in [0.3, 0.4) is 0 Å². The fourth-order valence-corrected chi connectivity index (χ4v) is 5.52. The molecule has 0 radical (unpaired) electrons. The Hall–Kier alpha value is -2.93. The van der Waals surface area contributed by atoms with Crippen LogP contribution in [0.25, 0.3) is 20.5 Å². The van der Waals surface area contributed by atoms with Crippen LogP contribution in [-0.4, -0.2) is 45.4 Å². The molecule has 36 heavy (non-hydrogen) atoms. The highest BCUT2D eigenvalue weighted by Gasteiger charge is 2.19. The Labute approximate surface area is 223 Å². The topological polar surface area (TPSA) is 40.2 Å². The standard InChI is InChI=1S/C29H31NO4S.ClH/c1-31-24-19-25(28-18-21-8-4-5-9-27(21)35-28)29(26(20-24)32-2)34-23-12-10-22(11-13-23)33-17-16-30-14-6-3-7-15-30;/h4-5,8-13,18-20H,3,6-7,14-17H2,1-2H3;1H. The van der Waals surface area contributed by atoms with Crippen LogP contribution in [0.5, 0.6) is 28.7 Å². The van der Waals surface area contributed by atoms with Crippen molar-refractivity contribution in [2.45, 2.75) is 19.3 Å². The Morgan fingerprint density at radius 2 is 1.56 bits per heavy atom. The third-order valence-corrected chi connectivity index (χ3v) is 7.49. The lowest BCUT2D eigenvalue weighted by Gasteiger charge is -2.26. The second-order valence-electron chi connectivity index (χ2n) is 8.68. The van der Waals surface area contributed by atoms with Crippen molar-refractivity contribution < 1.29 is 18.9 Å². The number of fused-ring (bicyclic) bond motifs is 1. The fraction of sp³-hybridized carbons (Fsp3) is 0.310. The van der Waals surface area contributed by atoms with Gasteiger partial charge in [0.1, 0.15) is 23.9 Å². The number of benzene rings is 3. The molecule has 0 amide bonds. The molecule has 1 fully saturated rings. The van der Waals surface area contributed by atoms with Gasteiger partial charge in [-0.3, -0.25) is 4.90 Å². The average Bonchev–Trinajstić information content (AvgIpc) is 3.34. The van der Waals surface area contributed by atoms with E-state index in [1.54, 1.807) is 25.6 Å². The van der Waals surface area contributed by atoms with E-state index in [1.165, 1.54) is 42.4 Å². The van der Waals surface area contributed by atoms with Crippen LogP contribution in [0.15, 0.2) is 66.7 Å². The van der Waals surface area contributed by atoms with Crippen molar-refractivity contribution in [2.75, 3.05) is 40.5 Å². The van der Waals surface area contributed by atoms with Crippen LogP contribution in [0.2, 0.25) is 0 Å². The van der Waals surface area contributed by atoms with E-state index in [0.717, 1.165) is 34.2 Å². The molecule has 4 aromatic rings. The molecular formula is C29H32ClNO4S. The lowest BCUT2D eigenvalue weighted by molar-refractivity contribution is 0.183. The van der Waals surface area contributed by atoms with E-state index in [4.69, 9.17) is 18.9 Å². The molecule has 0 spiro atoms. The van der Waals surface area contributed by atoms with Gasteiger partial charge in [0.2, 0.25) is 0 Å². The summed E-state index contributed by atoms with van der Waals surface area (Å²) in [6.45, 7) is 4.03. The third kappa shape index (κ3) is 6.06. The molecule has 3 aromatic carbocycles. The summed E-state index contributed by atoms with van der Waals surface area (Å²) in [5, 5.41) is 1.20. The maximum atomic E-state index is 6.40. The average molecular weight is 526 g/mol. The van der Waals surface area contributed by atoms with Crippen LogP contribution in [0.1, 0.15) is 19.3 Å². The zero-order valence-corrected chi connectivity index (χ0v) is 22.3. The molecule has 5 nitrogen and oxygen atoms in total. The molecule has 1 aromatic heterocycles. The molecule has 0 atom stereocenters. The van der Waals surface area contributed by atoms with Crippen LogP contribution >= 0.6 is 23.7 Å². The largest absolute Gasteiger partial charge is 0.497 e. The predicted molar refractivity (Wildman–Crippen MR) is 150 cm³/mol. The van der Waals surface area contributed by atoms with Crippen molar-refractivity contribution >= 4 is 33.8 Å². The zero-order chi connectivity index (χ0) is 24.0.